The molecule has 0 radical (unpaired) electrons. The lowest BCUT2D eigenvalue weighted by molar-refractivity contribution is 0.0953. The topological polar surface area (TPSA) is 104 Å². The van der Waals surface area contributed by atoms with Gasteiger partial charge in [-0.1, -0.05) is 0 Å². The van der Waals surface area contributed by atoms with Gasteiger partial charge >= 0.3 is 0 Å². The molecule has 3 aromatic rings. The summed E-state index contributed by atoms with van der Waals surface area (Å²) in [5.74, 6) is -0.339. The number of aromatic amines is 1. The summed E-state index contributed by atoms with van der Waals surface area (Å²) in [5, 5.41) is 7.64. The van der Waals surface area contributed by atoms with E-state index in [0.717, 1.165) is 44.3 Å². The number of carbonyl (C=O) groups excluding carboxylic acids is 1. The minimum Gasteiger partial charge on any atom is -0.492 e. The van der Waals surface area contributed by atoms with Crippen molar-refractivity contribution in [2.75, 3.05) is 31.6 Å². The number of ether oxygens (including phenoxy) is 1. The van der Waals surface area contributed by atoms with Crippen molar-refractivity contribution in [2.45, 2.75) is 37.8 Å². The highest BCUT2D eigenvalue weighted by Crippen LogP contribution is 2.45. The van der Waals surface area contributed by atoms with Gasteiger partial charge in [-0.15, -0.1) is 0 Å². The summed E-state index contributed by atoms with van der Waals surface area (Å²) in [4.78, 5) is 31.3. The number of fused-ring (bicyclic) bond motifs is 2. The molecule has 2 aromatic heterocycles. The Bertz CT molecular complexity index is 1380. The number of nitrogens with one attached hydrogen (secondary N) is 3. The molecule has 2 unspecified atom stereocenters. The van der Waals surface area contributed by atoms with Gasteiger partial charge in [0.15, 0.2) is 11.6 Å². The number of piperidine rings is 1. The van der Waals surface area contributed by atoms with Crippen molar-refractivity contribution >= 4 is 28.7 Å². The molecule has 2 atom stereocenters. The number of hydrazone groups is 1. The van der Waals surface area contributed by atoms with E-state index in [1.54, 1.807) is 24.7 Å². The SMILES string of the molecule is COc1c(N2CC3CCCNC3C2)c(F)cc2c(=O)c(C(=O)N/N=C/c3cc[nH]c3)cn(C3CC3)c12. The zero-order valence-corrected chi connectivity index (χ0v) is 20.1. The van der Waals surface area contributed by atoms with E-state index in [2.05, 4.69) is 20.8 Å². The summed E-state index contributed by atoms with van der Waals surface area (Å²) >= 11 is 0. The number of halogens is 1. The molecule has 3 aliphatic rings. The standard InChI is InChI=1S/C26H29FN6O3/c1-36-25-22-18(9-20(27)23(25)32-12-16-3-2-7-29-21(16)14-32)24(34)19(13-33(22)17-4-5-17)26(35)31-30-11-15-6-8-28-10-15/h6,8-11,13,16-17,21,28-29H,2-5,7,12,14H2,1H3,(H,31,35)/b30-11+. The fraction of sp³-hybridized carbons (Fsp3) is 0.423. The van der Waals surface area contributed by atoms with Gasteiger partial charge < -0.3 is 24.5 Å². The first kappa shape index (κ1) is 22.8. The predicted molar refractivity (Wildman–Crippen MR) is 136 cm³/mol. The molecular formula is C26H29FN6O3. The highest BCUT2D eigenvalue weighted by Gasteiger charge is 2.38. The lowest BCUT2D eigenvalue weighted by Gasteiger charge is -2.25. The summed E-state index contributed by atoms with van der Waals surface area (Å²) < 4.78 is 23.4. The number of H-pyrrole nitrogens is 1. The third-order valence-corrected chi connectivity index (χ3v) is 7.50. The van der Waals surface area contributed by atoms with Crippen LogP contribution in [0.3, 0.4) is 0 Å². The predicted octanol–water partition coefficient (Wildman–Crippen LogP) is 2.76. The molecule has 0 spiro atoms. The minimum atomic E-state index is -0.638. The quantitative estimate of drug-likeness (QED) is 0.363. The van der Waals surface area contributed by atoms with Gasteiger partial charge in [0.2, 0.25) is 5.43 Å². The van der Waals surface area contributed by atoms with Crippen LogP contribution in [-0.2, 0) is 0 Å². The van der Waals surface area contributed by atoms with E-state index < -0.39 is 17.2 Å². The highest BCUT2D eigenvalue weighted by molar-refractivity contribution is 6.00. The van der Waals surface area contributed by atoms with Crippen LogP contribution in [-0.4, -0.2) is 54.5 Å². The molecular weight excluding hydrogens is 463 g/mol. The maximum Gasteiger partial charge on any atom is 0.276 e. The largest absolute Gasteiger partial charge is 0.492 e. The molecule has 4 heterocycles. The van der Waals surface area contributed by atoms with Crippen LogP contribution in [0.2, 0.25) is 0 Å². The van der Waals surface area contributed by atoms with Crippen LogP contribution in [0.15, 0.2) is 40.6 Å². The number of amides is 1. The number of anilines is 1. The van der Waals surface area contributed by atoms with Crippen LogP contribution in [0.1, 0.15) is 47.6 Å². The molecule has 2 saturated heterocycles. The monoisotopic (exact) mass is 492 g/mol. The molecule has 1 aromatic carbocycles. The van der Waals surface area contributed by atoms with Gasteiger partial charge in [0.25, 0.3) is 5.91 Å². The third-order valence-electron chi connectivity index (χ3n) is 7.50. The number of carbonyl (C=O) groups is 1. The minimum absolute atomic E-state index is 0.0776. The molecule has 1 amide bonds. The van der Waals surface area contributed by atoms with Crippen molar-refractivity contribution in [2.24, 2.45) is 11.0 Å². The molecule has 2 aliphatic heterocycles. The third kappa shape index (κ3) is 3.95. The average molecular weight is 493 g/mol. The van der Waals surface area contributed by atoms with Gasteiger partial charge in [-0.2, -0.15) is 5.10 Å². The number of nitrogens with zero attached hydrogens (tertiary/aromatic N) is 3. The number of rotatable bonds is 6. The Morgan fingerprint density at radius 1 is 1.31 bits per heavy atom. The Morgan fingerprint density at radius 3 is 2.89 bits per heavy atom. The molecule has 9 nitrogen and oxygen atoms in total. The van der Waals surface area contributed by atoms with Crippen LogP contribution < -0.4 is 25.8 Å². The zero-order chi connectivity index (χ0) is 24.8. The second-order valence-electron chi connectivity index (χ2n) is 9.86. The lowest BCUT2D eigenvalue weighted by atomic mass is 9.94. The van der Waals surface area contributed by atoms with Crippen LogP contribution in [0.5, 0.6) is 5.75 Å². The van der Waals surface area contributed by atoms with Gasteiger partial charge in [-0.05, 0) is 50.3 Å². The molecule has 3 fully saturated rings. The summed E-state index contributed by atoms with van der Waals surface area (Å²) in [6.07, 6.45) is 10.6. The number of benzene rings is 1. The van der Waals surface area contributed by atoms with E-state index >= 15 is 4.39 Å². The van der Waals surface area contributed by atoms with E-state index in [4.69, 9.17) is 4.74 Å². The van der Waals surface area contributed by atoms with Crippen LogP contribution in [0.4, 0.5) is 10.1 Å². The van der Waals surface area contributed by atoms with E-state index in [9.17, 15) is 9.59 Å². The van der Waals surface area contributed by atoms with Crippen LogP contribution >= 0.6 is 0 Å². The van der Waals surface area contributed by atoms with Crippen molar-refractivity contribution in [3.63, 3.8) is 0 Å². The van der Waals surface area contributed by atoms with Gasteiger partial charge in [-0.3, -0.25) is 9.59 Å². The Morgan fingerprint density at radius 2 is 2.17 bits per heavy atom. The van der Waals surface area contributed by atoms with Crippen molar-refractivity contribution in [1.29, 1.82) is 0 Å². The van der Waals surface area contributed by atoms with Crippen molar-refractivity contribution in [1.82, 2.24) is 20.3 Å². The van der Waals surface area contributed by atoms with E-state index in [-0.39, 0.29) is 17.0 Å². The smallest absolute Gasteiger partial charge is 0.276 e. The fourth-order valence-corrected chi connectivity index (χ4v) is 5.61. The summed E-state index contributed by atoms with van der Waals surface area (Å²) in [5.41, 5.74) is 3.51. The Balaban J connectivity index is 1.42. The van der Waals surface area contributed by atoms with Crippen LogP contribution in [0, 0.1) is 11.7 Å². The van der Waals surface area contributed by atoms with Gasteiger partial charge in [0, 0.05) is 49.3 Å². The van der Waals surface area contributed by atoms with Crippen molar-refractivity contribution < 1.29 is 13.9 Å². The molecule has 6 rings (SSSR count). The molecule has 188 valence electrons. The van der Waals surface area contributed by atoms with Gasteiger partial charge in [0.1, 0.15) is 11.3 Å². The summed E-state index contributed by atoms with van der Waals surface area (Å²) in [7, 11) is 1.51. The van der Waals surface area contributed by atoms with Crippen molar-refractivity contribution in [3.05, 3.63) is 57.9 Å². The second kappa shape index (κ2) is 9.09. The lowest BCUT2D eigenvalue weighted by Crippen LogP contribution is -2.40. The van der Waals surface area contributed by atoms with E-state index in [1.165, 1.54) is 19.4 Å². The molecule has 36 heavy (non-hydrogen) atoms. The Hall–Kier alpha value is -3.66. The molecule has 1 aliphatic carbocycles. The van der Waals surface area contributed by atoms with E-state index in [1.807, 2.05) is 9.47 Å². The number of hydrogen-bond donors (Lipinski definition) is 3. The molecule has 10 heteroatoms. The Labute approximate surface area is 207 Å². The summed E-state index contributed by atoms with van der Waals surface area (Å²) in [6.45, 7) is 2.41. The first-order chi connectivity index (χ1) is 17.5. The average Bonchev–Trinajstić information content (AvgIpc) is 3.41. The second-order valence-corrected chi connectivity index (χ2v) is 9.86. The summed E-state index contributed by atoms with van der Waals surface area (Å²) in [6, 6.07) is 3.51. The Kier molecular flexibility index (Phi) is 5.75. The van der Waals surface area contributed by atoms with Gasteiger partial charge in [-0.25, -0.2) is 9.82 Å². The van der Waals surface area contributed by atoms with Crippen LogP contribution in [0.25, 0.3) is 10.9 Å². The maximum atomic E-state index is 15.7. The number of aromatic nitrogens is 2. The normalized spacial score (nSPS) is 21.8. The molecule has 1 saturated carbocycles. The maximum absolute atomic E-state index is 15.7. The first-order valence-corrected chi connectivity index (χ1v) is 12.4. The van der Waals surface area contributed by atoms with E-state index in [0.29, 0.717) is 35.5 Å². The fourth-order valence-electron chi connectivity index (χ4n) is 5.61. The number of hydrogen-bond acceptors (Lipinski definition) is 6. The van der Waals surface area contributed by atoms with Crippen molar-refractivity contribution in [3.8, 4) is 5.75 Å². The number of pyridine rings is 1. The number of methoxy groups -OCH3 is 1. The molecule has 0 bridgehead atoms. The first-order valence-electron chi connectivity index (χ1n) is 12.4. The zero-order valence-electron chi connectivity index (χ0n) is 20.1. The van der Waals surface area contributed by atoms with Gasteiger partial charge in [0.05, 0.1) is 24.2 Å². The molecule has 3 N–H and O–H groups in total. The highest BCUT2D eigenvalue weighted by atomic mass is 19.1.